The molecule has 0 amide bonds. The van der Waals surface area contributed by atoms with Gasteiger partial charge in [-0.2, -0.15) is 5.26 Å². The lowest BCUT2D eigenvalue weighted by atomic mass is 10.1. The summed E-state index contributed by atoms with van der Waals surface area (Å²) in [6.07, 6.45) is 0. The fraction of sp³-hybridized carbons (Fsp3) is 0. The summed E-state index contributed by atoms with van der Waals surface area (Å²) in [7, 11) is 0. The van der Waals surface area contributed by atoms with Gasteiger partial charge < -0.3 is 11.1 Å². The van der Waals surface area contributed by atoms with Crippen LogP contribution in [0.4, 0.5) is 17.2 Å². The number of rotatable bonds is 2. The number of anilines is 3. The minimum absolute atomic E-state index is 0.222. The SMILES string of the molecule is N#Cc1c(N)nc2ccccc2c1Nc1ccc(Br)c(Br)c1. The first kappa shape index (κ1) is 14.8. The van der Waals surface area contributed by atoms with Crippen LogP contribution in [0, 0.1) is 11.3 Å². The van der Waals surface area contributed by atoms with Crippen LogP contribution in [-0.2, 0) is 0 Å². The normalized spacial score (nSPS) is 10.4. The molecule has 2 aromatic carbocycles. The Hall–Kier alpha value is -2.10. The summed E-state index contributed by atoms with van der Waals surface area (Å²) in [5, 5.41) is 13.5. The van der Waals surface area contributed by atoms with Crippen molar-refractivity contribution in [3.8, 4) is 6.07 Å². The highest BCUT2D eigenvalue weighted by Crippen LogP contribution is 2.33. The Morgan fingerprint density at radius 3 is 2.59 bits per heavy atom. The fourth-order valence-corrected chi connectivity index (χ4v) is 2.82. The molecule has 0 saturated heterocycles. The van der Waals surface area contributed by atoms with Gasteiger partial charge in [-0.15, -0.1) is 0 Å². The van der Waals surface area contributed by atoms with Crippen LogP contribution in [0.2, 0.25) is 0 Å². The van der Waals surface area contributed by atoms with Gasteiger partial charge in [0, 0.05) is 20.0 Å². The Labute approximate surface area is 144 Å². The van der Waals surface area contributed by atoms with E-state index in [0.29, 0.717) is 11.3 Å². The van der Waals surface area contributed by atoms with Crippen LogP contribution in [0.5, 0.6) is 0 Å². The second kappa shape index (κ2) is 5.95. The maximum absolute atomic E-state index is 9.41. The molecular formula is C16H10Br2N4. The number of nitrogens with one attached hydrogen (secondary N) is 1. The van der Waals surface area contributed by atoms with Crippen LogP contribution in [0.1, 0.15) is 5.56 Å². The van der Waals surface area contributed by atoms with E-state index in [0.717, 1.165) is 25.5 Å². The van der Waals surface area contributed by atoms with Crippen molar-refractivity contribution in [2.75, 3.05) is 11.1 Å². The minimum atomic E-state index is 0.222. The number of hydrogen-bond donors (Lipinski definition) is 2. The number of nitrogens with zero attached hydrogens (tertiary/aromatic N) is 2. The zero-order valence-corrected chi connectivity index (χ0v) is 14.4. The van der Waals surface area contributed by atoms with Gasteiger partial charge in [-0.25, -0.2) is 4.98 Å². The number of nitriles is 1. The van der Waals surface area contributed by atoms with Gasteiger partial charge >= 0.3 is 0 Å². The van der Waals surface area contributed by atoms with Crippen molar-refractivity contribution in [2.45, 2.75) is 0 Å². The van der Waals surface area contributed by atoms with E-state index >= 15 is 0 Å². The molecule has 0 aliphatic heterocycles. The Balaban J connectivity index is 2.20. The molecule has 0 aliphatic rings. The van der Waals surface area contributed by atoms with E-state index in [4.69, 9.17) is 5.73 Å². The summed E-state index contributed by atoms with van der Waals surface area (Å²) in [5.74, 6) is 0.222. The fourth-order valence-electron chi connectivity index (χ4n) is 2.19. The quantitative estimate of drug-likeness (QED) is 0.618. The molecule has 0 aliphatic carbocycles. The van der Waals surface area contributed by atoms with Gasteiger partial charge in [-0.3, -0.25) is 0 Å². The first-order valence-corrected chi connectivity index (χ1v) is 7.99. The summed E-state index contributed by atoms with van der Waals surface area (Å²) in [6.45, 7) is 0. The standard InChI is InChI=1S/C16H10Br2N4/c17-12-6-5-9(7-13(12)18)21-15-10-3-1-2-4-14(10)22-16(20)11(15)8-19/h1-7H,(H3,20,21,22). The molecule has 3 rings (SSSR count). The zero-order chi connectivity index (χ0) is 15.7. The lowest BCUT2D eigenvalue weighted by Gasteiger charge is -2.13. The number of fused-ring (bicyclic) bond motifs is 1. The van der Waals surface area contributed by atoms with Crippen molar-refractivity contribution >= 4 is 60.0 Å². The number of aromatic nitrogens is 1. The van der Waals surface area contributed by atoms with Gasteiger partial charge in [0.15, 0.2) is 0 Å². The number of halogens is 2. The topological polar surface area (TPSA) is 74.7 Å². The average Bonchev–Trinajstić information content (AvgIpc) is 2.51. The molecule has 22 heavy (non-hydrogen) atoms. The molecule has 0 spiro atoms. The third-order valence-electron chi connectivity index (χ3n) is 3.22. The predicted octanol–water partition coefficient (Wildman–Crippen LogP) is 4.96. The maximum atomic E-state index is 9.41. The summed E-state index contributed by atoms with van der Waals surface area (Å²) in [5.41, 5.74) is 8.52. The van der Waals surface area contributed by atoms with Gasteiger partial charge in [-0.05, 0) is 56.1 Å². The summed E-state index contributed by atoms with van der Waals surface area (Å²) in [4.78, 5) is 4.28. The van der Waals surface area contributed by atoms with Crippen molar-refractivity contribution < 1.29 is 0 Å². The first-order valence-electron chi connectivity index (χ1n) is 6.40. The highest BCUT2D eigenvalue weighted by Gasteiger charge is 2.13. The Morgan fingerprint density at radius 1 is 1.09 bits per heavy atom. The number of hydrogen-bond acceptors (Lipinski definition) is 4. The molecule has 4 nitrogen and oxygen atoms in total. The van der Waals surface area contributed by atoms with Crippen LogP contribution in [-0.4, -0.2) is 4.98 Å². The monoisotopic (exact) mass is 416 g/mol. The van der Waals surface area contributed by atoms with Gasteiger partial charge in [0.1, 0.15) is 17.5 Å². The van der Waals surface area contributed by atoms with Gasteiger partial charge in [0.2, 0.25) is 0 Å². The second-order valence-electron chi connectivity index (χ2n) is 4.63. The number of pyridine rings is 1. The Bertz CT molecular complexity index is 916. The maximum Gasteiger partial charge on any atom is 0.144 e. The highest BCUT2D eigenvalue weighted by atomic mass is 79.9. The highest BCUT2D eigenvalue weighted by molar-refractivity contribution is 9.13. The third-order valence-corrected chi connectivity index (χ3v) is 5.10. The van der Waals surface area contributed by atoms with Crippen molar-refractivity contribution in [1.29, 1.82) is 5.26 Å². The smallest absolute Gasteiger partial charge is 0.144 e. The number of nitrogen functional groups attached to an aromatic ring is 1. The number of para-hydroxylation sites is 1. The van der Waals surface area contributed by atoms with Crippen molar-refractivity contribution in [1.82, 2.24) is 4.98 Å². The van der Waals surface area contributed by atoms with E-state index in [1.807, 2.05) is 42.5 Å². The van der Waals surface area contributed by atoms with E-state index in [1.165, 1.54) is 0 Å². The van der Waals surface area contributed by atoms with E-state index in [-0.39, 0.29) is 5.82 Å². The summed E-state index contributed by atoms with van der Waals surface area (Å²) >= 11 is 6.91. The Morgan fingerprint density at radius 2 is 1.86 bits per heavy atom. The number of nitrogens with two attached hydrogens (primary N) is 1. The van der Waals surface area contributed by atoms with E-state index in [2.05, 4.69) is 48.2 Å². The summed E-state index contributed by atoms with van der Waals surface area (Å²) in [6, 6.07) is 15.5. The first-order chi connectivity index (χ1) is 10.6. The molecule has 6 heteroatoms. The van der Waals surface area contributed by atoms with Crippen LogP contribution in [0.25, 0.3) is 10.9 Å². The molecule has 1 heterocycles. The minimum Gasteiger partial charge on any atom is -0.383 e. The van der Waals surface area contributed by atoms with Crippen molar-refractivity contribution in [3.05, 3.63) is 57.0 Å². The molecule has 0 bridgehead atoms. The van der Waals surface area contributed by atoms with E-state index in [1.54, 1.807) is 0 Å². The van der Waals surface area contributed by atoms with Gasteiger partial charge in [-0.1, -0.05) is 18.2 Å². The zero-order valence-electron chi connectivity index (χ0n) is 11.3. The van der Waals surface area contributed by atoms with Crippen LogP contribution < -0.4 is 11.1 Å². The van der Waals surface area contributed by atoms with Crippen LogP contribution in [0.15, 0.2) is 51.4 Å². The van der Waals surface area contributed by atoms with Crippen LogP contribution >= 0.6 is 31.9 Å². The number of benzene rings is 2. The molecular weight excluding hydrogens is 408 g/mol. The average molecular weight is 418 g/mol. The molecule has 0 fully saturated rings. The van der Waals surface area contributed by atoms with Crippen molar-refractivity contribution in [3.63, 3.8) is 0 Å². The van der Waals surface area contributed by atoms with E-state index < -0.39 is 0 Å². The van der Waals surface area contributed by atoms with Crippen LogP contribution in [0.3, 0.4) is 0 Å². The van der Waals surface area contributed by atoms with E-state index in [9.17, 15) is 5.26 Å². The molecule has 3 N–H and O–H groups in total. The lowest BCUT2D eigenvalue weighted by molar-refractivity contribution is 1.37. The predicted molar refractivity (Wildman–Crippen MR) is 96.0 cm³/mol. The molecule has 0 unspecified atom stereocenters. The van der Waals surface area contributed by atoms with Crippen molar-refractivity contribution in [2.24, 2.45) is 0 Å². The lowest BCUT2D eigenvalue weighted by Crippen LogP contribution is -2.02. The van der Waals surface area contributed by atoms with Gasteiger partial charge in [0.25, 0.3) is 0 Å². The molecule has 108 valence electrons. The molecule has 1 aromatic heterocycles. The Kier molecular flexibility index (Phi) is 4.01. The molecule has 0 atom stereocenters. The molecule has 3 aromatic rings. The molecule has 0 radical (unpaired) electrons. The van der Waals surface area contributed by atoms with Gasteiger partial charge in [0.05, 0.1) is 11.2 Å². The second-order valence-corrected chi connectivity index (χ2v) is 6.34. The summed E-state index contributed by atoms with van der Waals surface area (Å²) < 4.78 is 1.87. The molecule has 0 saturated carbocycles. The largest absolute Gasteiger partial charge is 0.383 e. The third kappa shape index (κ3) is 2.65.